The molecule has 1 heterocycles. The van der Waals surface area contributed by atoms with Gasteiger partial charge in [0.1, 0.15) is 6.26 Å². The Labute approximate surface area is 130 Å². The van der Waals surface area contributed by atoms with Crippen molar-refractivity contribution in [1.29, 1.82) is 0 Å². The molecule has 1 aromatic heterocycles. The maximum atomic E-state index is 12.2. The number of rotatable bonds is 10. The van der Waals surface area contributed by atoms with E-state index in [0.29, 0.717) is 25.5 Å². The molecule has 7 nitrogen and oxygen atoms in total. The molecule has 7 heteroatoms. The van der Waals surface area contributed by atoms with E-state index in [-0.39, 0.29) is 18.1 Å². The van der Waals surface area contributed by atoms with Gasteiger partial charge in [0.15, 0.2) is 5.69 Å². The molecule has 0 atom stereocenters. The van der Waals surface area contributed by atoms with Crippen LogP contribution in [-0.4, -0.2) is 49.1 Å². The van der Waals surface area contributed by atoms with Crippen molar-refractivity contribution < 1.29 is 23.5 Å². The number of aromatic nitrogens is 1. The summed E-state index contributed by atoms with van der Waals surface area (Å²) in [6, 6.07) is 0. The number of carbonyl (C=O) groups is 2. The van der Waals surface area contributed by atoms with Crippen LogP contribution in [0.1, 0.15) is 49.0 Å². The lowest BCUT2D eigenvalue weighted by atomic mass is 10.2. The number of ether oxygens (including phenoxy) is 2. The van der Waals surface area contributed by atoms with Crippen LogP contribution in [0.3, 0.4) is 0 Å². The molecule has 0 aliphatic rings. The Kier molecular flexibility index (Phi) is 8.21. The number of carbonyl (C=O) groups excluding carboxylic acids is 2. The summed E-state index contributed by atoms with van der Waals surface area (Å²) >= 11 is 0. The average Bonchev–Trinajstić information content (AvgIpc) is 2.99. The second-order valence-corrected chi connectivity index (χ2v) is 4.88. The quantitative estimate of drug-likeness (QED) is 0.485. The molecule has 1 rings (SSSR count). The van der Waals surface area contributed by atoms with Crippen LogP contribution < -0.4 is 0 Å². The summed E-state index contributed by atoms with van der Waals surface area (Å²) in [6.45, 7) is 3.20. The van der Waals surface area contributed by atoms with Crippen LogP contribution in [0.25, 0.3) is 0 Å². The molecule has 0 saturated carbocycles. The zero-order valence-electron chi connectivity index (χ0n) is 13.5. The largest absolute Gasteiger partial charge is 0.464 e. The Morgan fingerprint density at radius 3 is 2.73 bits per heavy atom. The predicted molar refractivity (Wildman–Crippen MR) is 79.3 cm³/mol. The number of methoxy groups -OCH3 is 2. The Morgan fingerprint density at radius 1 is 1.32 bits per heavy atom. The van der Waals surface area contributed by atoms with Gasteiger partial charge in [0.05, 0.1) is 20.3 Å². The SMILES string of the molecule is CCCCCC(=O)N(CCOC)Cc1nc(C(=O)OC)co1. The third kappa shape index (κ3) is 5.85. The van der Waals surface area contributed by atoms with Crippen LogP contribution in [0.5, 0.6) is 0 Å². The molecule has 0 bridgehead atoms. The standard InChI is InChI=1S/C15H24N2O5/c1-4-5-6-7-14(18)17(8-9-20-2)10-13-16-12(11-22-13)15(19)21-3/h11H,4-10H2,1-3H3. The van der Waals surface area contributed by atoms with Crippen LogP contribution in [0, 0.1) is 0 Å². The Morgan fingerprint density at radius 2 is 2.09 bits per heavy atom. The summed E-state index contributed by atoms with van der Waals surface area (Å²) in [5.41, 5.74) is 0.0997. The molecule has 0 fully saturated rings. The highest BCUT2D eigenvalue weighted by Crippen LogP contribution is 2.10. The lowest BCUT2D eigenvalue weighted by Gasteiger charge is -2.20. The van der Waals surface area contributed by atoms with E-state index in [1.807, 2.05) is 0 Å². The minimum Gasteiger partial charge on any atom is -0.464 e. The van der Waals surface area contributed by atoms with Gasteiger partial charge in [-0.15, -0.1) is 0 Å². The third-order valence-corrected chi connectivity index (χ3v) is 3.18. The van der Waals surface area contributed by atoms with Gasteiger partial charge in [0.2, 0.25) is 11.8 Å². The molecular formula is C15H24N2O5. The normalized spacial score (nSPS) is 10.5. The van der Waals surface area contributed by atoms with E-state index in [1.54, 1.807) is 12.0 Å². The van der Waals surface area contributed by atoms with Crippen molar-refractivity contribution in [3.05, 3.63) is 17.8 Å². The van der Waals surface area contributed by atoms with Crippen molar-refractivity contribution >= 4 is 11.9 Å². The average molecular weight is 312 g/mol. The summed E-state index contributed by atoms with van der Waals surface area (Å²) in [5, 5.41) is 0. The first kappa shape index (κ1) is 18.2. The summed E-state index contributed by atoms with van der Waals surface area (Å²) < 4.78 is 14.8. The van der Waals surface area contributed by atoms with Crippen LogP contribution in [0.15, 0.2) is 10.7 Å². The predicted octanol–water partition coefficient (Wildman–Crippen LogP) is 2.02. The molecule has 0 spiro atoms. The molecule has 1 amide bonds. The topological polar surface area (TPSA) is 81.9 Å². The van der Waals surface area contributed by atoms with Gasteiger partial charge >= 0.3 is 5.97 Å². The molecule has 0 unspecified atom stereocenters. The van der Waals surface area contributed by atoms with E-state index in [4.69, 9.17) is 9.15 Å². The van der Waals surface area contributed by atoms with Crippen LogP contribution in [-0.2, 0) is 20.8 Å². The van der Waals surface area contributed by atoms with Gasteiger partial charge in [0.25, 0.3) is 0 Å². The lowest BCUT2D eigenvalue weighted by Crippen LogP contribution is -2.33. The fraction of sp³-hybridized carbons (Fsp3) is 0.667. The Balaban J connectivity index is 2.65. The highest BCUT2D eigenvalue weighted by atomic mass is 16.5. The lowest BCUT2D eigenvalue weighted by molar-refractivity contribution is -0.132. The van der Waals surface area contributed by atoms with Crippen LogP contribution >= 0.6 is 0 Å². The molecular weight excluding hydrogens is 288 g/mol. The maximum absolute atomic E-state index is 12.2. The van der Waals surface area contributed by atoms with Gasteiger partial charge in [-0.3, -0.25) is 4.79 Å². The van der Waals surface area contributed by atoms with Crippen molar-refractivity contribution in [2.24, 2.45) is 0 Å². The van der Waals surface area contributed by atoms with E-state index in [0.717, 1.165) is 19.3 Å². The molecule has 0 aromatic carbocycles. The number of unbranched alkanes of at least 4 members (excludes halogenated alkanes) is 2. The Bertz CT molecular complexity index is 472. The first-order valence-corrected chi connectivity index (χ1v) is 7.41. The Hall–Kier alpha value is -1.89. The fourth-order valence-electron chi connectivity index (χ4n) is 1.92. The molecule has 1 aromatic rings. The molecule has 0 aliphatic carbocycles. The zero-order chi connectivity index (χ0) is 16.4. The molecule has 124 valence electrons. The van der Waals surface area contributed by atoms with Gasteiger partial charge in [-0.25, -0.2) is 9.78 Å². The number of hydrogen-bond acceptors (Lipinski definition) is 6. The van der Waals surface area contributed by atoms with E-state index in [9.17, 15) is 9.59 Å². The monoisotopic (exact) mass is 312 g/mol. The number of amides is 1. The maximum Gasteiger partial charge on any atom is 0.360 e. The van der Waals surface area contributed by atoms with Gasteiger partial charge in [-0.05, 0) is 6.42 Å². The van der Waals surface area contributed by atoms with Crippen molar-refractivity contribution in [3.8, 4) is 0 Å². The minimum atomic E-state index is -0.562. The zero-order valence-corrected chi connectivity index (χ0v) is 13.5. The second kappa shape index (κ2) is 9.94. The van der Waals surface area contributed by atoms with Crippen molar-refractivity contribution in [3.63, 3.8) is 0 Å². The number of nitrogens with zero attached hydrogens (tertiary/aromatic N) is 2. The van der Waals surface area contributed by atoms with Crippen molar-refractivity contribution in [2.45, 2.75) is 39.2 Å². The number of oxazole rings is 1. The van der Waals surface area contributed by atoms with E-state index >= 15 is 0 Å². The van der Waals surface area contributed by atoms with Crippen LogP contribution in [0.2, 0.25) is 0 Å². The van der Waals surface area contributed by atoms with E-state index < -0.39 is 5.97 Å². The first-order valence-electron chi connectivity index (χ1n) is 7.41. The van der Waals surface area contributed by atoms with Gasteiger partial charge in [0, 0.05) is 20.1 Å². The summed E-state index contributed by atoms with van der Waals surface area (Å²) in [7, 11) is 2.86. The summed E-state index contributed by atoms with van der Waals surface area (Å²) in [4.78, 5) is 29.2. The first-order chi connectivity index (χ1) is 10.6. The molecule has 0 radical (unpaired) electrons. The van der Waals surface area contributed by atoms with Gasteiger partial charge < -0.3 is 18.8 Å². The fourth-order valence-corrected chi connectivity index (χ4v) is 1.92. The van der Waals surface area contributed by atoms with Crippen molar-refractivity contribution in [1.82, 2.24) is 9.88 Å². The van der Waals surface area contributed by atoms with Crippen molar-refractivity contribution in [2.75, 3.05) is 27.4 Å². The molecule has 0 saturated heterocycles. The van der Waals surface area contributed by atoms with Gasteiger partial charge in [-0.2, -0.15) is 0 Å². The minimum absolute atomic E-state index is 0.0309. The van der Waals surface area contributed by atoms with Crippen LogP contribution in [0.4, 0.5) is 0 Å². The second-order valence-electron chi connectivity index (χ2n) is 4.88. The molecule has 22 heavy (non-hydrogen) atoms. The summed E-state index contributed by atoms with van der Waals surface area (Å²) in [6.07, 6.45) is 4.67. The smallest absolute Gasteiger partial charge is 0.360 e. The molecule has 0 N–H and O–H groups in total. The van der Waals surface area contributed by atoms with Gasteiger partial charge in [-0.1, -0.05) is 19.8 Å². The molecule has 0 aliphatic heterocycles. The van der Waals surface area contributed by atoms with E-state index in [1.165, 1.54) is 13.4 Å². The number of hydrogen-bond donors (Lipinski definition) is 0. The third-order valence-electron chi connectivity index (χ3n) is 3.18. The van der Waals surface area contributed by atoms with E-state index in [2.05, 4.69) is 16.6 Å². The summed E-state index contributed by atoms with van der Waals surface area (Å²) in [5.74, 6) is -0.226. The number of esters is 1. The highest BCUT2D eigenvalue weighted by Gasteiger charge is 2.18. The highest BCUT2D eigenvalue weighted by molar-refractivity contribution is 5.86.